The summed E-state index contributed by atoms with van der Waals surface area (Å²) in [4.78, 5) is 24.6. The third-order valence-corrected chi connectivity index (χ3v) is 4.43. The summed E-state index contributed by atoms with van der Waals surface area (Å²) in [5, 5.41) is 5.41. The minimum absolute atomic E-state index is 0.258. The molecule has 0 aliphatic rings. The lowest BCUT2D eigenvalue weighted by atomic mass is 10.0. The molecule has 0 spiro atoms. The van der Waals surface area contributed by atoms with Crippen molar-refractivity contribution in [1.82, 2.24) is 10.6 Å². The minimum atomic E-state index is -4.73. The normalized spacial score (nSPS) is 12.6. The third-order valence-electron chi connectivity index (χ3n) is 4.43. The number of halogens is 3. The Morgan fingerprint density at radius 2 is 1.48 bits per heavy atom. The lowest BCUT2D eigenvalue weighted by Gasteiger charge is -2.23. The van der Waals surface area contributed by atoms with E-state index in [1.807, 2.05) is 31.2 Å². The van der Waals surface area contributed by atoms with E-state index in [0.717, 1.165) is 16.7 Å². The summed E-state index contributed by atoms with van der Waals surface area (Å²) in [5.41, 5.74) is 1.70. The molecule has 0 heterocycles. The van der Waals surface area contributed by atoms with Gasteiger partial charge in [-0.15, -0.1) is 13.2 Å². The number of benzene rings is 2. The largest absolute Gasteiger partial charge is 0.573 e. The second-order valence-corrected chi connectivity index (χ2v) is 8.47. The molecule has 2 amide bonds. The molecule has 2 N–H and O–H groups in total. The predicted octanol–water partition coefficient (Wildman–Crippen LogP) is 5.56. The van der Waals surface area contributed by atoms with Gasteiger partial charge in [-0.25, -0.2) is 4.79 Å². The van der Waals surface area contributed by atoms with E-state index in [4.69, 9.17) is 4.74 Å². The molecule has 0 bridgehead atoms. The maximum atomic E-state index is 12.6. The Kier molecular flexibility index (Phi) is 8.73. The Hall–Kier alpha value is -3.23. The minimum Gasteiger partial charge on any atom is -0.444 e. The summed E-state index contributed by atoms with van der Waals surface area (Å²) in [6, 6.07) is 12.1. The molecule has 180 valence electrons. The van der Waals surface area contributed by atoms with Gasteiger partial charge in [0, 0.05) is 6.54 Å². The molecule has 0 saturated carbocycles. The van der Waals surface area contributed by atoms with Gasteiger partial charge in [0.25, 0.3) is 0 Å². The first-order valence-corrected chi connectivity index (χ1v) is 10.6. The molecule has 33 heavy (non-hydrogen) atoms. The SMILES string of the molecule is CCC[C@H](NC(=O)OC(C)(C)C)C(=O)NCc1ccc(-c2ccc(OC(F)(F)F)cc2)cc1. The molecule has 0 aliphatic heterocycles. The molecule has 6 nitrogen and oxygen atoms in total. The van der Waals surface area contributed by atoms with Gasteiger partial charge < -0.3 is 20.1 Å². The highest BCUT2D eigenvalue weighted by atomic mass is 19.4. The fourth-order valence-electron chi connectivity index (χ4n) is 2.98. The van der Waals surface area contributed by atoms with E-state index in [2.05, 4.69) is 15.4 Å². The molecule has 2 rings (SSSR count). The quantitative estimate of drug-likeness (QED) is 0.534. The average molecular weight is 467 g/mol. The predicted molar refractivity (Wildman–Crippen MR) is 118 cm³/mol. The Morgan fingerprint density at radius 1 is 0.939 bits per heavy atom. The summed E-state index contributed by atoms with van der Waals surface area (Å²) in [7, 11) is 0. The van der Waals surface area contributed by atoms with E-state index in [9.17, 15) is 22.8 Å². The molecule has 0 unspecified atom stereocenters. The van der Waals surface area contributed by atoms with Crippen molar-refractivity contribution in [2.75, 3.05) is 0 Å². The first-order valence-electron chi connectivity index (χ1n) is 10.6. The summed E-state index contributed by atoms with van der Waals surface area (Å²) in [5.74, 6) is -0.598. The first kappa shape index (κ1) is 26.0. The number of hydrogen-bond donors (Lipinski definition) is 2. The monoisotopic (exact) mass is 466 g/mol. The molecule has 9 heteroatoms. The van der Waals surface area contributed by atoms with Crippen LogP contribution >= 0.6 is 0 Å². The lowest BCUT2D eigenvalue weighted by Crippen LogP contribution is -2.47. The van der Waals surface area contributed by atoms with Crippen molar-refractivity contribution in [1.29, 1.82) is 0 Å². The van der Waals surface area contributed by atoms with Crippen molar-refractivity contribution in [2.45, 2.75) is 65.1 Å². The van der Waals surface area contributed by atoms with Crippen LogP contribution < -0.4 is 15.4 Å². The Balaban J connectivity index is 1.94. The summed E-state index contributed by atoms with van der Waals surface area (Å²) in [6.45, 7) is 7.41. The molecular weight excluding hydrogens is 437 g/mol. The van der Waals surface area contributed by atoms with Crippen molar-refractivity contribution >= 4 is 12.0 Å². The van der Waals surface area contributed by atoms with E-state index in [-0.39, 0.29) is 18.2 Å². The number of hydrogen-bond acceptors (Lipinski definition) is 4. The van der Waals surface area contributed by atoms with Gasteiger partial charge in [0.2, 0.25) is 5.91 Å². The highest BCUT2D eigenvalue weighted by molar-refractivity contribution is 5.85. The number of nitrogens with one attached hydrogen (secondary N) is 2. The van der Waals surface area contributed by atoms with Crippen molar-refractivity contribution in [3.8, 4) is 16.9 Å². The smallest absolute Gasteiger partial charge is 0.444 e. The van der Waals surface area contributed by atoms with Gasteiger partial charge in [0.15, 0.2) is 0 Å². The van der Waals surface area contributed by atoms with Gasteiger partial charge in [-0.2, -0.15) is 0 Å². The Morgan fingerprint density at radius 3 is 1.97 bits per heavy atom. The van der Waals surface area contributed by atoms with Crippen LogP contribution in [0.25, 0.3) is 11.1 Å². The van der Waals surface area contributed by atoms with Crippen LogP contribution in [0.4, 0.5) is 18.0 Å². The lowest BCUT2D eigenvalue weighted by molar-refractivity contribution is -0.274. The summed E-state index contributed by atoms with van der Waals surface area (Å²) in [6.07, 6.45) is -4.20. The summed E-state index contributed by atoms with van der Waals surface area (Å²) < 4.78 is 45.9. The van der Waals surface area contributed by atoms with Crippen LogP contribution in [0.15, 0.2) is 48.5 Å². The van der Waals surface area contributed by atoms with Crippen LogP contribution in [0.2, 0.25) is 0 Å². The number of rotatable bonds is 8. The molecular formula is C24H29F3N2O4. The van der Waals surface area contributed by atoms with Crippen LogP contribution in [-0.4, -0.2) is 30.0 Å². The zero-order valence-electron chi connectivity index (χ0n) is 19.1. The fourth-order valence-corrected chi connectivity index (χ4v) is 2.98. The zero-order valence-corrected chi connectivity index (χ0v) is 19.1. The van der Waals surface area contributed by atoms with E-state index in [0.29, 0.717) is 12.8 Å². The number of carbonyl (C=O) groups is 2. The molecule has 0 saturated heterocycles. The highest BCUT2D eigenvalue weighted by Gasteiger charge is 2.31. The molecule has 0 aromatic heterocycles. The maximum Gasteiger partial charge on any atom is 0.573 e. The molecule has 0 radical (unpaired) electrons. The second-order valence-electron chi connectivity index (χ2n) is 8.47. The maximum absolute atomic E-state index is 12.6. The van der Waals surface area contributed by atoms with Crippen molar-refractivity contribution in [3.05, 3.63) is 54.1 Å². The van der Waals surface area contributed by atoms with E-state index >= 15 is 0 Å². The number of carbonyl (C=O) groups excluding carboxylic acids is 2. The average Bonchev–Trinajstić information content (AvgIpc) is 2.70. The van der Waals surface area contributed by atoms with Gasteiger partial charge in [0.05, 0.1) is 0 Å². The van der Waals surface area contributed by atoms with Crippen LogP contribution in [0.3, 0.4) is 0 Å². The molecule has 0 fully saturated rings. The number of alkyl carbamates (subject to hydrolysis) is 1. The molecule has 2 aromatic rings. The van der Waals surface area contributed by atoms with Gasteiger partial charge in [-0.1, -0.05) is 49.7 Å². The van der Waals surface area contributed by atoms with Crippen LogP contribution in [0, 0.1) is 0 Å². The van der Waals surface area contributed by atoms with Gasteiger partial charge in [0.1, 0.15) is 17.4 Å². The molecule has 0 aliphatic carbocycles. The van der Waals surface area contributed by atoms with Gasteiger partial charge in [-0.05, 0) is 56.0 Å². The van der Waals surface area contributed by atoms with Gasteiger partial charge >= 0.3 is 12.5 Å². The number of amides is 2. The van der Waals surface area contributed by atoms with Crippen LogP contribution in [0.1, 0.15) is 46.1 Å². The van der Waals surface area contributed by atoms with E-state index in [1.54, 1.807) is 20.8 Å². The van der Waals surface area contributed by atoms with Crippen LogP contribution in [-0.2, 0) is 16.1 Å². The third kappa shape index (κ3) is 9.43. The van der Waals surface area contributed by atoms with Crippen molar-refractivity contribution in [2.24, 2.45) is 0 Å². The van der Waals surface area contributed by atoms with Crippen molar-refractivity contribution < 1.29 is 32.2 Å². The van der Waals surface area contributed by atoms with Crippen molar-refractivity contribution in [3.63, 3.8) is 0 Å². The molecule has 2 aromatic carbocycles. The zero-order chi connectivity index (χ0) is 24.6. The van der Waals surface area contributed by atoms with Gasteiger partial charge in [-0.3, -0.25) is 4.79 Å². The van der Waals surface area contributed by atoms with E-state index in [1.165, 1.54) is 24.3 Å². The second kappa shape index (κ2) is 11.1. The van der Waals surface area contributed by atoms with Crippen LogP contribution in [0.5, 0.6) is 5.75 Å². The number of ether oxygens (including phenoxy) is 2. The first-order chi connectivity index (χ1) is 15.4. The fraction of sp³-hybridized carbons (Fsp3) is 0.417. The standard InChI is InChI=1S/C24H29F3N2O4/c1-5-6-20(29-22(31)33-23(2,3)4)21(30)28-15-16-7-9-17(10-8-16)18-11-13-19(14-12-18)32-24(25,26)27/h7-14,20H,5-6,15H2,1-4H3,(H,28,30)(H,29,31)/t20-/m0/s1. The number of alkyl halides is 3. The summed E-state index contributed by atoms with van der Waals surface area (Å²) >= 11 is 0. The topological polar surface area (TPSA) is 76.7 Å². The molecule has 1 atom stereocenters. The Bertz CT molecular complexity index is 921. The highest BCUT2D eigenvalue weighted by Crippen LogP contribution is 2.26. The Labute approximate surface area is 191 Å². The van der Waals surface area contributed by atoms with E-state index < -0.39 is 24.1 Å².